The second-order valence-electron chi connectivity index (χ2n) is 18.6. The molecule has 63 heavy (non-hydrogen) atoms. The van der Waals surface area contributed by atoms with E-state index < -0.39 is 0 Å². The van der Waals surface area contributed by atoms with Gasteiger partial charge in [-0.1, -0.05) is 161 Å². The standard InChI is InChI=1S/C60H45N3/c1-59(2)51-23-11-5-17-43(51)45-31-29-38(36-53(45)59)61(39-30-32-46-44-18-6-12-24-52(44)60(3,4)54(46)37-39)40-33-41(62-55-25-13-7-19-47(55)48-20-8-14-26-56(48)62)35-42(34-40)63-57-27-15-9-21-49(57)50-22-10-16-28-58(50)63/h5-37H,1-4H3. The Bertz CT molecular complexity index is 3360. The van der Waals surface area contributed by atoms with Crippen LogP contribution in [-0.4, -0.2) is 9.13 Å². The minimum Gasteiger partial charge on any atom is -0.310 e. The summed E-state index contributed by atoms with van der Waals surface area (Å²) in [6, 6.07) is 74.8. The highest BCUT2D eigenvalue weighted by atomic mass is 15.2. The summed E-state index contributed by atoms with van der Waals surface area (Å²) >= 11 is 0. The molecule has 3 nitrogen and oxygen atoms in total. The van der Waals surface area contributed by atoms with Crippen LogP contribution in [0.3, 0.4) is 0 Å². The Labute approximate surface area is 367 Å². The topological polar surface area (TPSA) is 13.1 Å². The zero-order valence-corrected chi connectivity index (χ0v) is 35.9. The minimum absolute atomic E-state index is 0.159. The Kier molecular flexibility index (Phi) is 7.42. The lowest BCUT2D eigenvalue weighted by atomic mass is 9.82. The van der Waals surface area contributed by atoms with Crippen molar-refractivity contribution in [3.63, 3.8) is 0 Å². The lowest BCUT2D eigenvalue weighted by molar-refractivity contribution is 0.660. The summed E-state index contributed by atoms with van der Waals surface area (Å²) in [7, 11) is 0. The minimum atomic E-state index is -0.159. The molecule has 9 aromatic carbocycles. The number of para-hydroxylation sites is 4. The van der Waals surface area contributed by atoms with Crippen LogP contribution in [0.15, 0.2) is 200 Å². The van der Waals surface area contributed by atoms with Crippen molar-refractivity contribution in [3.05, 3.63) is 222 Å². The van der Waals surface area contributed by atoms with Crippen molar-refractivity contribution in [3.8, 4) is 33.6 Å². The summed E-state index contributed by atoms with van der Waals surface area (Å²) in [6.07, 6.45) is 0. The normalized spacial score (nSPS) is 14.3. The molecule has 11 aromatic rings. The van der Waals surface area contributed by atoms with Gasteiger partial charge < -0.3 is 14.0 Å². The van der Waals surface area contributed by atoms with Gasteiger partial charge in [-0.15, -0.1) is 0 Å². The highest BCUT2D eigenvalue weighted by molar-refractivity contribution is 6.11. The van der Waals surface area contributed by atoms with E-state index in [9.17, 15) is 0 Å². The van der Waals surface area contributed by atoms with Crippen LogP contribution in [0, 0.1) is 0 Å². The van der Waals surface area contributed by atoms with Crippen LogP contribution in [0.2, 0.25) is 0 Å². The van der Waals surface area contributed by atoms with E-state index in [4.69, 9.17) is 0 Å². The van der Waals surface area contributed by atoms with Gasteiger partial charge in [0.2, 0.25) is 0 Å². The second-order valence-corrected chi connectivity index (χ2v) is 18.6. The first-order valence-corrected chi connectivity index (χ1v) is 22.2. The number of aromatic nitrogens is 2. The molecule has 0 N–H and O–H groups in total. The number of fused-ring (bicyclic) bond motifs is 12. The van der Waals surface area contributed by atoms with Crippen molar-refractivity contribution < 1.29 is 0 Å². The van der Waals surface area contributed by atoms with Gasteiger partial charge in [0.15, 0.2) is 0 Å². The van der Waals surface area contributed by atoms with Crippen LogP contribution >= 0.6 is 0 Å². The molecule has 0 aliphatic heterocycles. The smallest absolute Gasteiger partial charge is 0.0541 e. The summed E-state index contributed by atoms with van der Waals surface area (Å²) < 4.78 is 4.93. The molecule has 0 bridgehead atoms. The molecule has 2 aliphatic rings. The van der Waals surface area contributed by atoms with Gasteiger partial charge in [0.05, 0.1) is 39.1 Å². The molecule has 0 amide bonds. The molecule has 0 saturated heterocycles. The predicted molar refractivity (Wildman–Crippen MR) is 265 cm³/mol. The molecule has 0 radical (unpaired) electrons. The van der Waals surface area contributed by atoms with Crippen molar-refractivity contribution in [1.29, 1.82) is 0 Å². The van der Waals surface area contributed by atoms with Crippen LogP contribution in [-0.2, 0) is 10.8 Å². The van der Waals surface area contributed by atoms with E-state index in [0.717, 1.165) is 28.4 Å². The van der Waals surface area contributed by atoms with Crippen LogP contribution in [0.1, 0.15) is 49.9 Å². The maximum atomic E-state index is 2.52. The molecular weight excluding hydrogens is 763 g/mol. The SMILES string of the molecule is CC1(C)c2ccccc2-c2ccc(N(c3cc(-n4c5ccccc5c5ccccc54)cc(-n4c5ccccc5c5ccccc54)c3)c3ccc4c(c3)C(C)(C)c3ccccc3-4)cc21. The number of nitrogens with zero attached hydrogens (tertiary/aromatic N) is 3. The zero-order valence-electron chi connectivity index (χ0n) is 35.9. The van der Waals surface area contributed by atoms with Crippen molar-refractivity contribution in [2.75, 3.05) is 4.90 Å². The average molecular weight is 808 g/mol. The summed E-state index contributed by atoms with van der Waals surface area (Å²) in [5.74, 6) is 0. The number of benzene rings is 9. The van der Waals surface area contributed by atoms with Crippen LogP contribution in [0.25, 0.3) is 77.2 Å². The van der Waals surface area contributed by atoms with Gasteiger partial charge in [-0.05, 0) is 111 Å². The lowest BCUT2D eigenvalue weighted by Gasteiger charge is -2.30. The van der Waals surface area contributed by atoms with Crippen molar-refractivity contribution in [2.24, 2.45) is 0 Å². The molecule has 0 atom stereocenters. The van der Waals surface area contributed by atoms with Gasteiger partial charge in [-0.2, -0.15) is 0 Å². The third-order valence-corrected chi connectivity index (χ3v) is 14.5. The quantitative estimate of drug-likeness (QED) is 0.169. The molecule has 0 spiro atoms. The average Bonchev–Trinajstić information content (AvgIpc) is 3.98. The van der Waals surface area contributed by atoms with Gasteiger partial charge in [-0.25, -0.2) is 0 Å². The van der Waals surface area contributed by atoms with Crippen molar-refractivity contribution in [2.45, 2.75) is 38.5 Å². The fourth-order valence-corrected chi connectivity index (χ4v) is 11.5. The maximum absolute atomic E-state index is 2.52. The molecule has 2 heterocycles. The van der Waals surface area contributed by atoms with Crippen LogP contribution < -0.4 is 4.90 Å². The lowest BCUT2D eigenvalue weighted by Crippen LogP contribution is -2.18. The molecule has 0 unspecified atom stereocenters. The first kappa shape index (κ1) is 36.1. The summed E-state index contributed by atoms with van der Waals surface area (Å²) in [6.45, 7) is 9.52. The van der Waals surface area contributed by atoms with E-state index in [1.54, 1.807) is 0 Å². The van der Waals surface area contributed by atoms with E-state index in [1.165, 1.54) is 88.1 Å². The predicted octanol–water partition coefficient (Wildman–Crippen LogP) is 16.0. The number of hydrogen-bond donors (Lipinski definition) is 0. The van der Waals surface area contributed by atoms with Gasteiger partial charge in [0.25, 0.3) is 0 Å². The van der Waals surface area contributed by atoms with Gasteiger partial charge in [-0.3, -0.25) is 0 Å². The van der Waals surface area contributed by atoms with E-state index in [0.29, 0.717) is 0 Å². The van der Waals surface area contributed by atoms with Crippen LogP contribution in [0.4, 0.5) is 17.1 Å². The second kappa shape index (κ2) is 13.0. The highest BCUT2D eigenvalue weighted by Gasteiger charge is 2.38. The summed E-state index contributed by atoms with van der Waals surface area (Å²) in [4.78, 5) is 2.52. The monoisotopic (exact) mass is 807 g/mol. The van der Waals surface area contributed by atoms with E-state index in [-0.39, 0.29) is 10.8 Å². The Morgan fingerprint density at radius 1 is 0.302 bits per heavy atom. The van der Waals surface area contributed by atoms with Gasteiger partial charge in [0.1, 0.15) is 0 Å². The molecule has 0 saturated carbocycles. The first-order valence-electron chi connectivity index (χ1n) is 22.2. The Morgan fingerprint density at radius 2 is 0.635 bits per heavy atom. The highest BCUT2D eigenvalue weighted by Crippen LogP contribution is 2.53. The summed E-state index contributed by atoms with van der Waals surface area (Å²) in [5.41, 5.74) is 20.7. The van der Waals surface area contributed by atoms with Gasteiger partial charge >= 0.3 is 0 Å². The Hall–Kier alpha value is -7.62. The molecule has 0 fully saturated rings. The van der Waals surface area contributed by atoms with Crippen molar-refractivity contribution >= 4 is 60.7 Å². The molecular formula is C60H45N3. The third-order valence-electron chi connectivity index (χ3n) is 14.5. The Morgan fingerprint density at radius 3 is 1.03 bits per heavy atom. The zero-order chi connectivity index (χ0) is 42.2. The molecule has 2 aromatic heterocycles. The third kappa shape index (κ3) is 5.02. The largest absolute Gasteiger partial charge is 0.310 e. The van der Waals surface area contributed by atoms with E-state index >= 15 is 0 Å². The van der Waals surface area contributed by atoms with Gasteiger partial charge in [0, 0.05) is 43.7 Å². The number of rotatable bonds is 5. The number of anilines is 3. The molecule has 3 heteroatoms. The number of hydrogen-bond acceptors (Lipinski definition) is 1. The van der Waals surface area contributed by atoms with Crippen molar-refractivity contribution in [1.82, 2.24) is 9.13 Å². The van der Waals surface area contributed by atoms with E-state index in [1.807, 2.05) is 0 Å². The Balaban J connectivity index is 1.13. The maximum Gasteiger partial charge on any atom is 0.0541 e. The fourth-order valence-electron chi connectivity index (χ4n) is 11.5. The fraction of sp³-hybridized carbons (Fsp3) is 0.100. The van der Waals surface area contributed by atoms with E-state index in [2.05, 4.69) is 242 Å². The molecule has 2 aliphatic carbocycles. The molecule has 13 rings (SSSR count). The molecule has 300 valence electrons. The first-order chi connectivity index (χ1) is 30.8. The van der Waals surface area contributed by atoms with Crippen LogP contribution in [0.5, 0.6) is 0 Å². The summed E-state index contributed by atoms with van der Waals surface area (Å²) in [5, 5.41) is 4.98.